The van der Waals surface area contributed by atoms with Crippen LogP contribution in [0.1, 0.15) is 47.0 Å². The Hall–Kier alpha value is -1.89. The molecular formula is C18H27F2NO4. The zero-order chi connectivity index (χ0) is 19.0. The van der Waals surface area contributed by atoms with E-state index in [0.29, 0.717) is 6.42 Å². The molecule has 25 heavy (non-hydrogen) atoms. The van der Waals surface area contributed by atoms with Crippen LogP contribution in [0.2, 0.25) is 0 Å². The summed E-state index contributed by atoms with van der Waals surface area (Å²) in [6.07, 6.45) is 0.541. The van der Waals surface area contributed by atoms with E-state index >= 15 is 0 Å². The minimum absolute atomic E-state index is 0.0174. The van der Waals surface area contributed by atoms with Crippen molar-refractivity contribution < 1.29 is 28.2 Å². The number of aliphatic hydroxyl groups excluding tert-OH is 1. The topological polar surface area (TPSA) is 67.8 Å². The Morgan fingerprint density at radius 1 is 1.24 bits per heavy atom. The van der Waals surface area contributed by atoms with Crippen LogP contribution in [0.5, 0.6) is 5.75 Å². The first-order valence-electron chi connectivity index (χ1n) is 8.37. The molecule has 2 N–H and O–H groups in total. The summed E-state index contributed by atoms with van der Waals surface area (Å²) in [7, 11) is 0. The van der Waals surface area contributed by atoms with E-state index in [4.69, 9.17) is 9.47 Å². The third-order valence-electron chi connectivity index (χ3n) is 3.29. The molecule has 1 rings (SSSR count). The molecule has 0 saturated heterocycles. The van der Waals surface area contributed by atoms with Crippen molar-refractivity contribution in [3.05, 3.63) is 29.8 Å². The van der Waals surface area contributed by atoms with Crippen molar-refractivity contribution in [1.29, 1.82) is 0 Å². The van der Waals surface area contributed by atoms with Crippen LogP contribution in [0.25, 0.3) is 0 Å². The van der Waals surface area contributed by atoms with Crippen LogP contribution in [-0.2, 0) is 4.74 Å². The summed E-state index contributed by atoms with van der Waals surface area (Å²) < 4.78 is 37.0. The second-order valence-corrected chi connectivity index (χ2v) is 6.88. The van der Waals surface area contributed by atoms with Gasteiger partial charge in [0.05, 0.1) is 12.1 Å². The van der Waals surface area contributed by atoms with Crippen molar-refractivity contribution in [3.8, 4) is 5.75 Å². The van der Waals surface area contributed by atoms with E-state index in [1.807, 2.05) is 6.92 Å². The van der Waals surface area contributed by atoms with E-state index < -0.39 is 35.5 Å². The Labute approximate surface area is 147 Å². The number of rotatable bonds is 8. The Morgan fingerprint density at radius 3 is 2.36 bits per heavy atom. The number of alkyl carbamates (subject to hydrolysis) is 1. The lowest BCUT2D eigenvalue weighted by Gasteiger charge is -2.26. The van der Waals surface area contributed by atoms with Gasteiger partial charge < -0.3 is 19.9 Å². The molecule has 0 saturated carbocycles. The molecule has 0 bridgehead atoms. The van der Waals surface area contributed by atoms with Crippen molar-refractivity contribution in [3.63, 3.8) is 0 Å². The van der Waals surface area contributed by atoms with Crippen LogP contribution >= 0.6 is 0 Å². The van der Waals surface area contributed by atoms with Gasteiger partial charge in [0.15, 0.2) is 0 Å². The fourth-order valence-corrected chi connectivity index (χ4v) is 2.12. The summed E-state index contributed by atoms with van der Waals surface area (Å²) in [4.78, 5) is 11.9. The van der Waals surface area contributed by atoms with Crippen LogP contribution < -0.4 is 10.1 Å². The maximum atomic E-state index is 13.2. The second kappa shape index (κ2) is 9.56. The Bertz CT molecular complexity index is 540. The smallest absolute Gasteiger partial charge is 0.408 e. The maximum absolute atomic E-state index is 13.2. The average molecular weight is 359 g/mol. The average Bonchev–Trinajstić information content (AvgIpc) is 2.46. The standard InChI is InChI=1S/C18H27F2NO4/c1-5-6-7-16(22)15(21-17(23)25-18(2,3)4)11-24-14-9-12(19)8-13(20)10-14/h8-10,15-16,22H,5-7,11H2,1-4H3,(H,21,23)/t15-,16?/m0/s1. The van der Waals surface area contributed by atoms with Crippen molar-refractivity contribution >= 4 is 6.09 Å². The third kappa shape index (κ3) is 8.67. The number of halogens is 2. The highest BCUT2D eigenvalue weighted by molar-refractivity contribution is 5.68. The van der Waals surface area contributed by atoms with Gasteiger partial charge in [-0.15, -0.1) is 0 Å². The number of carbonyl (C=O) groups excluding carboxylic acids is 1. The number of nitrogens with one attached hydrogen (secondary N) is 1. The number of aliphatic hydroxyl groups is 1. The van der Waals surface area contributed by atoms with Gasteiger partial charge in [-0.05, 0) is 27.2 Å². The number of carbonyl (C=O) groups is 1. The lowest BCUT2D eigenvalue weighted by Crippen LogP contribution is -2.48. The van der Waals surface area contributed by atoms with Crippen molar-refractivity contribution in [1.82, 2.24) is 5.32 Å². The van der Waals surface area contributed by atoms with E-state index in [-0.39, 0.29) is 12.4 Å². The summed E-state index contributed by atoms with van der Waals surface area (Å²) in [5.41, 5.74) is -0.685. The molecule has 0 aromatic heterocycles. The van der Waals surface area contributed by atoms with Gasteiger partial charge in [-0.25, -0.2) is 13.6 Å². The number of hydrogen-bond donors (Lipinski definition) is 2. The van der Waals surface area contributed by atoms with Gasteiger partial charge >= 0.3 is 6.09 Å². The van der Waals surface area contributed by atoms with Crippen molar-refractivity contribution in [2.24, 2.45) is 0 Å². The molecule has 0 aliphatic carbocycles. The number of unbranched alkanes of at least 4 members (excludes halogenated alkanes) is 1. The number of ether oxygens (including phenoxy) is 2. The molecular weight excluding hydrogens is 332 g/mol. The van der Waals surface area contributed by atoms with Crippen LogP contribution in [0.4, 0.5) is 13.6 Å². The van der Waals surface area contributed by atoms with Gasteiger partial charge in [0.2, 0.25) is 0 Å². The SMILES string of the molecule is CCCCC(O)[C@H](COc1cc(F)cc(F)c1)NC(=O)OC(C)(C)C. The predicted octanol–water partition coefficient (Wildman–Crippen LogP) is 3.79. The number of hydrogen-bond acceptors (Lipinski definition) is 4. The first kappa shape index (κ1) is 21.2. The van der Waals surface area contributed by atoms with Gasteiger partial charge in [-0.2, -0.15) is 0 Å². The summed E-state index contributed by atoms with van der Waals surface area (Å²) in [5, 5.41) is 12.8. The molecule has 0 aliphatic heterocycles. The molecule has 5 nitrogen and oxygen atoms in total. The lowest BCUT2D eigenvalue weighted by molar-refractivity contribution is 0.0352. The van der Waals surface area contributed by atoms with Gasteiger partial charge in [0.1, 0.15) is 29.6 Å². The second-order valence-electron chi connectivity index (χ2n) is 6.88. The first-order valence-corrected chi connectivity index (χ1v) is 8.37. The molecule has 1 aromatic carbocycles. The Morgan fingerprint density at radius 2 is 1.84 bits per heavy atom. The zero-order valence-corrected chi connectivity index (χ0v) is 15.1. The highest BCUT2D eigenvalue weighted by Gasteiger charge is 2.25. The molecule has 1 aromatic rings. The zero-order valence-electron chi connectivity index (χ0n) is 15.1. The van der Waals surface area contributed by atoms with Gasteiger partial charge in [0.25, 0.3) is 0 Å². The fraction of sp³-hybridized carbons (Fsp3) is 0.611. The van der Waals surface area contributed by atoms with Crippen LogP contribution in [0, 0.1) is 11.6 Å². The lowest BCUT2D eigenvalue weighted by atomic mass is 10.1. The van der Waals surface area contributed by atoms with Gasteiger partial charge in [-0.1, -0.05) is 19.8 Å². The largest absolute Gasteiger partial charge is 0.491 e. The van der Waals surface area contributed by atoms with E-state index in [0.717, 1.165) is 31.0 Å². The summed E-state index contributed by atoms with van der Waals surface area (Å²) in [6, 6.07) is 2.03. The molecule has 1 amide bonds. The highest BCUT2D eigenvalue weighted by Crippen LogP contribution is 2.17. The molecule has 0 heterocycles. The summed E-state index contributed by atoms with van der Waals surface area (Å²) >= 11 is 0. The number of benzene rings is 1. The van der Waals surface area contributed by atoms with E-state index in [2.05, 4.69) is 5.32 Å². The molecule has 7 heteroatoms. The molecule has 0 fully saturated rings. The van der Waals surface area contributed by atoms with E-state index in [9.17, 15) is 18.7 Å². The molecule has 0 spiro atoms. The molecule has 2 atom stereocenters. The summed E-state index contributed by atoms with van der Waals surface area (Å²) in [5.74, 6) is -1.55. The normalized spacial score (nSPS) is 13.9. The third-order valence-corrected chi connectivity index (χ3v) is 3.29. The molecule has 0 radical (unpaired) electrons. The monoisotopic (exact) mass is 359 g/mol. The van der Waals surface area contributed by atoms with Crippen molar-refractivity contribution in [2.75, 3.05) is 6.61 Å². The van der Waals surface area contributed by atoms with Crippen LogP contribution in [0.15, 0.2) is 18.2 Å². The van der Waals surface area contributed by atoms with Gasteiger partial charge in [-0.3, -0.25) is 0 Å². The van der Waals surface area contributed by atoms with Crippen molar-refractivity contribution in [2.45, 2.75) is 64.7 Å². The fourth-order valence-electron chi connectivity index (χ4n) is 2.12. The molecule has 142 valence electrons. The minimum atomic E-state index is -0.870. The highest BCUT2D eigenvalue weighted by atomic mass is 19.1. The molecule has 0 aliphatic rings. The first-order chi connectivity index (χ1) is 11.6. The maximum Gasteiger partial charge on any atom is 0.408 e. The minimum Gasteiger partial charge on any atom is -0.491 e. The Kier molecular flexibility index (Phi) is 8.09. The molecule has 1 unspecified atom stereocenters. The Balaban J connectivity index is 2.74. The van der Waals surface area contributed by atoms with E-state index in [1.165, 1.54) is 0 Å². The number of amides is 1. The van der Waals surface area contributed by atoms with Gasteiger partial charge in [0, 0.05) is 18.2 Å². The van der Waals surface area contributed by atoms with Crippen LogP contribution in [0.3, 0.4) is 0 Å². The van der Waals surface area contributed by atoms with Crippen LogP contribution in [-0.4, -0.2) is 35.6 Å². The predicted molar refractivity (Wildman–Crippen MR) is 90.5 cm³/mol. The quantitative estimate of drug-likeness (QED) is 0.741. The van der Waals surface area contributed by atoms with E-state index in [1.54, 1.807) is 20.8 Å². The summed E-state index contributed by atoms with van der Waals surface area (Å²) in [6.45, 7) is 7.01.